The monoisotopic (exact) mass is 516 g/mol. The molecule has 1 heterocycles. The zero-order valence-electron chi connectivity index (χ0n) is 21.2. The Morgan fingerprint density at radius 2 is 1.97 bits per heavy atom. The summed E-state index contributed by atoms with van der Waals surface area (Å²) in [5.74, 6) is -2.67. The van der Waals surface area contributed by atoms with E-state index in [2.05, 4.69) is 0 Å². The van der Waals surface area contributed by atoms with Crippen LogP contribution in [0.3, 0.4) is 0 Å². The number of aliphatic hydroxyl groups is 1. The van der Waals surface area contributed by atoms with Crippen LogP contribution in [0.25, 0.3) is 0 Å². The second-order valence-corrected chi connectivity index (χ2v) is 12.4. The van der Waals surface area contributed by atoms with E-state index in [-0.39, 0.29) is 36.4 Å². The lowest BCUT2D eigenvalue weighted by Crippen LogP contribution is -2.64. The minimum atomic E-state index is -1.62. The Bertz CT molecular complexity index is 1190. The molecule has 0 amide bonds. The molecule has 3 unspecified atom stereocenters. The molecule has 0 spiro atoms. The molecule has 3 fully saturated rings. The number of rotatable bonds is 3. The van der Waals surface area contributed by atoms with Crippen molar-refractivity contribution in [2.45, 2.75) is 64.8 Å². The van der Waals surface area contributed by atoms with Gasteiger partial charge in [0.05, 0.1) is 13.2 Å². The number of methoxy groups -OCH3 is 1. The Hall–Kier alpha value is -2.32. The fourth-order valence-electron chi connectivity index (χ4n) is 8.27. The fraction of sp³-hybridized carbons (Fsp3) is 0.607. The normalized spacial score (nSPS) is 43.2. The molecule has 36 heavy (non-hydrogen) atoms. The topological polar surface area (TPSA) is 89.9 Å². The van der Waals surface area contributed by atoms with Crippen molar-refractivity contribution in [3.63, 3.8) is 0 Å². The molecule has 4 aliphatic rings. The Labute approximate surface area is 214 Å². The Morgan fingerprint density at radius 3 is 2.61 bits per heavy atom. The van der Waals surface area contributed by atoms with Crippen LogP contribution in [0, 0.1) is 41.4 Å². The highest BCUT2D eigenvalue weighted by molar-refractivity contribution is 7.12. The molecule has 194 valence electrons. The summed E-state index contributed by atoms with van der Waals surface area (Å²) in [6.07, 6.45) is 3.21. The van der Waals surface area contributed by atoms with Gasteiger partial charge in [-0.15, -0.1) is 11.3 Å². The van der Waals surface area contributed by atoms with Gasteiger partial charge in [0.2, 0.25) is 5.60 Å². The number of thiophene rings is 1. The van der Waals surface area contributed by atoms with Crippen LogP contribution < -0.4 is 0 Å². The zero-order chi connectivity index (χ0) is 26.2. The Morgan fingerprint density at radius 1 is 1.25 bits per heavy atom. The number of esters is 2. The van der Waals surface area contributed by atoms with Gasteiger partial charge in [0.1, 0.15) is 11.0 Å². The van der Waals surface area contributed by atoms with E-state index in [1.807, 2.05) is 33.8 Å². The van der Waals surface area contributed by atoms with Crippen molar-refractivity contribution >= 4 is 29.1 Å². The van der Waals surface area contributed by atoms with E-state index in [4.69, 9.17) is 9.47 Å². The van der Waals surface area contributed by atoms with E-state index < -0.39 is 46.6 Å². The lowest BCUT2D eigenvalue weighted by atomic mass is 9.46. The Balaban J connectivity index is 1.60. The van der Waals surface area contributed by atoms with Gasteiger partial charge in [-0.1, -0.05) is 26.8 Å². The van der Waals surface area contributed by atoms with Crippen LogP contribution in [0.4, 0.5) is 4.39 Å². The van der Waals surface area contributed by atoms with Crippen molar-refractivity contribution in [1.82, 2.24) is 0 Å². The molecular weight excluding hydrogens is 483 g/mol. The first kappa shape index (κ1) is 25.3. The lowest BCUT2D eigenvalue weighted by molar-refractivity contribution is -0.202. The number of hydrogen-bond donors (Lipinski definition) is 1. The fourth-order valence-corrected chi connectivity index (χ4v) is 9.07. The molecule has 0 aromatic carbocycles. The zero-order valence-corrected chi connectivity index (χ0v) is 22.1. The predicted octanol–water partition coefficient (Wildman–Crippen LogP) is 4.60. The van der Waals surface area contributed by atoms with Gasteiger partial charge in [0.15, 0.2) is 5.78 Å². The third-order valence-electron chi connectivity index (χ3n) is 9.81. The van der Waals surface area contributed by atoms with Gasteiger partial charge in [-0.25, -0.2) is 14.0 Å². The summed E-state index contributed by atoms with van der Waals surface area (Å²) in [6, 6.07) is 1.82. The smallest absolute Gasteiger partial charge is 0.351 e. The number of fused-ring (bicyclic) bond motifs is 5. The number of hydrogen-bond acceptors (Lipinski definition) is 7. The summed E-state index contributed by atoms with van der Waals surface area (Å²) in [7, 11) is 1.28. The van der Waals surface area contributed by atoms with Gasteiger partial charge >= 0.3 is 11.9 Å². The van der Waals surface area contributed by atoms with Crippen molar-refractivity contribution in [3.05, 3.63) is 45.7 Å². The molecule has 1 aromatic rings. The van der Waals surface area contributed by atoms with Crippen molar-refractivity contribution < 1.29 is 33.4 Å². The molecule has 1 N–H and O–H groups in total. The van der Waals surface area contributed by atoms with Crippen molar-refractivity contribution in [1.29, 1.82) is 0 Å². The highest BCUT2D eigenvalue weighted by atomic mass is 32.1. The quantitative estimate of drug-likeness (QED) is 0.591. The third kappa shape index (κ3) is 3.19. The van der Waals surface area contributed by atoms with E-state index in [1.54, 1.807) is 11.5 Å². The molecule has 0 aliphatic heterocycles. The highest BCUT2D eigenvalue weighted by Crippen LogP contribution is 2.69. The average molecular weight is 517 g/mol. The number of carbonyl (C=O) groups is 3. The second kappa shape index (κ2) is 8.35. The summed E-state index contributed by atoms with van der Waals surface area (Å²) < 4.78 is 27.1. The number of aliphatic hydroxyl groups excluding tert-OH is 1. The van der Waals surface area contributed by atoms with Crippen LogP contribution >= 0.6 is 11.3 Å². The average Bonchev–Trinajstić information content (AvgIpc) is 3.34. The van der Waals surface area contributed by atoms with Gasteiger partial charge < -0.3 is 14.6 Å². The predicted molar refractivity (Wildman–Crippen MR) is 132 cm³/mol. The maximum atomic E-state index is 15.7. The molecule has 6 nitrogen and oxygen atoms in total. The molecule has 9 atom stereocenters. The van der Waals surface area contributed by atoms with Gasteiger partial charge in [0.25, 0.3) is 0 Å². The summed E-state index contributed by atoms with van der Waals surface area (Å²) in [4.78, 5) is 39.4. The first-order chi connectivity index (χ1) is 16.9. The largest absolute Gasteiger partial charge is 0.466 e. The van der Waals surface area contributed by atoms with E-state index in [0.717, 1.165) is 5.56 Å². The van der Waals surface area contributed by atoms with E-state index in [9.17, 15) is 19.5 Å². The summed E-state index contributed by atoms with van der Waals surface area (Å²) in [5.41, 5.74) is -2.20. The molecule has 0 radical (unpaired) electrons. The van der Waals surface area contributed by atoms with Gasteiger partial charge in [-0.2, -0.15) is 0 Å². The highest BCUT2D eigenvalue weighted by Gasteiger charge is 2.74. The number of carbonyl (C=O) groups excluding carboxylic acids is 3. The first-order valence-corrected chi connectivity index (χ1v) is 13.4. The molecular formula is C28H33FO6S. The maximum Gasteiger partial charge on any atom is 0.351 e. The summed E-state index contributed by atoms with van der Waals surface area (Å²) >= 11 is 1.25. The van der Waals surface area contributed by atoms with Gasteiger partial charge in [0, 0.05) is 22.7 Å². The minimum Gasteiger partial charge on any atom is -0.466 e. The van der Waals surface area contributed by atoms with Crippen molar-refractivity contribution in [3.8, 4) is 0 Å². The van der Waals surface area contributed by atoms with Crippen LogP contribution in [0.1, 0.15) is 55.3 Å². The molecule has 3 saturated carbocycles. The molecule has 0 bridgehead atoms. The minimum absolute atomic E-state index is 0.145. The van der Waals surface area contributed by atoms with E-state index in [0.29, 0.717) is 16.9 Å². The molecule has 5 rings (SSSR count). The van der Waals surface area contributed by atoms with Crippen LogP contribution in [-0.4, -0.2) is 47.8 Å². The summed E-state index contributed by atoms with van der Waals surface area (Å²) in [6.45, 7) is 7.46. The first-order valence-electron chi connectivity index (χ1n) is 12.5. The SMILES string of the molecule is COC(=O)[C@@]1(OC(=O)c2sccc2C)[C@H](C)CC2C3C[C@H](F)C4=CC(=O)C=C[C@]4(C)C3[C@@H](O)C[C@@]21C. The number of ether oxygens (including phenoxy) is 2. The van der Waals surface area contributed by atoms with Crippen LogP contribution in [-0.2, 0) is 19.1 Å². The molecule has 4 aliphatic carbocycles. The molecule has 1 aromatic heterocycles. The standard InChI is InChI=1S/C28H33FO6S/c1-14-7-9-36-23(14)24(32)35-28(25(33)34-5)15(2)10-18-17-12-20(29)19-11-16(30)6-8-26(19,3)22(17)21(31)13-27(18,28)4/h6-9,11,15,17-18,20-22,31H,10,12-13H2,1-5H3/t15-,17?,18?,20+,21+,22?,26+,27+,28+/m1/s1. The lowest BCUT2D eigenvalue weighted by Gasteiger charge is -2.60. The van der Waals surface area contributed by atoms with Gasteiger partial charge in [-0.05, 0) is 72.8 Å². The van der Waals surface area contributed by atoms with E-state index >= 15 is 4.39 Å². The van der Waals surface area contributed by atoms with Crippen LogP contribution in [0.5, 0.6) is 0 Å². The number of allylic oxidation sites excluding steroid dienone is 4. The van der Waals surface area contributed by atoms with Crippen molar-refractivity contribution in [2.75, 3.05) is 7.11 Å². The number of aryl methyl sites for hydroxylation is 1. The third-order valence-corrected chi connectivity index (χ3v) is 10.8. The van der Waals surface area contributed by atoms with E-state index in [1.165, 1.54) is 30.6 Å². The maximum absolute atomic E-state index is 15.7. The number of halogens is 1. The van der Waals surface area contributed by atoms with Crippen LogP contribution in [0.2, 0.25) is 0 Å². The van der Waals surface area contributed by atoms with Gasteiger partial charge in [-0.3, -0.25) is 4.79 Å². The molecule has 8 heteroatoms. The Kier molecular flexibility index (Phi) is 5.87. The number of ketones is 1. The molecule has 0 saturated heterocycles. The summed E-state index contributed by atoms with van der Waals surface area (Å²) in [5, 5.41) is 13.4. The van der Waals surface area contributed by atoms with Crippen LogP contribution in [0.15, 0.2) is 35.2 Å². The number of alkyl halides is 1. The second-order valence-electron chi connectivity index (χ2n) is 11.5. The van der Waals surface area contributed by atoms with Crippen molar-refractivity contribution in [2.24, 2.45) is 34.5 Å².